The second kappa shape index (κ2) is 6.89. The lowest BCUT2D eigenvalue weighted by Crippen LogP contribution is -2.24. The van der Waals surface area contributed by atoms with Gasteiger partial charge in [-0.15, -0.1) is 0 Å². The average molecular weight is 275 g/mol. The minimum absolute atomic E-state index is 0.428. The highest BCUT2D eigenvalue weighted by Crippen LogP contribution is 2.20. The number of carboxylic acid groups (broad SMARTS) is 1. The second-order valence-electron chi connectivity index (χ2n) is 6.11. The Labute approximate surface area is 121 Å². The van der Waals surface area contributed by atoms with Crippen molar-refractivity contribution in [2.45, 2.75) is 45.6 Å². The quantitative estimate of drug-likeness (QED) is 0.914. The van der Waals surface area contributed by atoms with Crippen LogP contribution in [-0.2, 0) is 11.3 Å². The fraction of sp³-hybridized carbons (Fsp3) is 0.588. The number of nitrogens with zero attached hydrogens (tertiary/aromatic N) is 1. The average Bonchev–Trinajstić information content (AvgIpc) is 2.64. The molecule has 1 saturated heterocycles. The van der Waals surface area contributed by atoms with Crippen LogP contribution in [0.25, 0.3) is 0 Å². The van der Waals surface area contributed by atoms with Crippen molar-refractivity contribution in [3.63, 3.8) is 0 Å². The van der Waals surface area contributed by atoms with E-state index in [2.05, 4.69) is 24.0 Å². The maximum Gasteiger partial charge on any atom is 0.310 e. The minimum Gasteiger partial charge on any atom is -0.481 e. The summed E-state index contributed by atoms with van der Waals surface area (Å²) in [5.74, 6) is -0.346. The molecule has 2 rings (SSSR count). The molecule has 1 N–H and O–H groups in total. The normalized spacial score (nSPS) is 22.2. The summed E-state index contributed by atoms with van der Waals surface area (Å²) >= 11 is 0. The molecule has 110 valence electrons. The molecule has 2 atom stereocenters. The predicted molar refractivity (Wildman–Crippen MR) is 80.8 cm³/mol. The monoisotopic (exact) mass is 275 g/mol. The first-order chi connectivity index (χ1) is 9.56. The first-order valence-corrected chi connectivity index (χ1v) is 7.60. The summed E-state index contributed by atoms with van der Waals surface area (Å²) in [5, 5.41) is 9.01. The molecule has 0 saturated carbocycles. The fourth-order valence-corrected chi connectivity index (χ4v) is 2.79. The van der Waals surface area contributed by atoms with Crippen LogP contribution in [0.4, 0.5) is 0 Å². The van der Waals surface area contributed by atoms with E-state index in [1.54, 1.807) is 6.92 Å². The van der Waals surface area contributed by atoms with Gasteiger partial charge >= 0.3 is 5.97 Å². The van der Waals surface area contributed by atoms with Crippen molar-refractivity contribution >= 4 is 5.97 Å². The summed E-state index contributed by atoms with van der Waals surface area (Å²) in [4.78, 5) is 13.5. The third kappa shape index (κ3) is 4.07. The molecule has 0 aliphatic carbocycles. The van der Waals surface area contributed by atoms with Gasteiger partial charge in [0.2, 0.25) is 0 Å². The number of hydrogen-bond acceptors (Lipinski definition) is 2. The first-order valence-electron chi connectivity index (χ1n) is 7.60. The topological polar surface area (TPSA) is 40.5 Å². The van der Waals surface area contributed by atoms with Crippen molar-refractivity contribution in [2.24, 2.45) is 5.92 Å². The molecule has 0 radical (unpaired) electrons. The van der Waals surface area contributed by atoms with E-state index in [-0.39, 0.29) is 0 Å². The van der Waals surface area contributed by atoms with Gasteiger partial charge in [0.25, 0.3) is 0 Å². The molecule has 1 heterocycles. The smallest absolute Gasteiger partial charge is 0.310 e. The van der Waals surface area contributed by atoms with E-state index in [4.69, 9.17) is 5.11 Å². The van der Waals surface area contributed by atoms with Gasteiger partial charge in [0.05, 0.1) is 5.92 Å². The highest BCUT2D eigenvalue weighted by Gasteiger charge is 2.15. The van der Waals surface area contributed by atoms with Crippen molar-refractivity contribution in [1.29, 1.82) is 0 Å². The van der Waals surface area contributed by atoms with Gasteiger partial charge in [-0.2, -0.15) is 0 Å². The Kier molecular flexibility index (Phi) is 5.18. The van der Waals surface area contributed by atoms with E-state index in [0.29, 0.717) is 0 Å². The van der Waals surface area contributed by atoms with Crippen molar-refractivity contribution in [1.82, 2.24) is 4.90 Å². The third-order valence-corrected chi connectivity index (χ3v) is 4.37. The molecule has 3 nitrogen and oxygen atoms in total. The molecule has 1 aliphatic heterocycles. The number of aliphatic carboxylic acids is 1. The van der Waals surface area contributed by atoms with Crippen LogP contribution in [0.1, 0.15) is 50.2 Å². The minimum atomic E-state index is -0.765. The number of carboxylic acids is 1. The Morgan fingerprint density at radius 1 is 1.30 bits per heavy atom. The summed E-state index contributed by atoms with van der Waals surface area (Å²) in [6, 6.07) is 8.05. The van der Waals surface area contributed by atoms with E-state index in [9.17, 15) is 4.79 Å². The lowest BCUT2D eigenvalue weighted by atomic mass is 10.00. The van der Waals surface area contributed by atoms with Crippen LogP contribution < -0.4 is 0 Å². The van der Waals surface area contributed by atoms with Crippen molar-refractivity contribution in [3.8, 4) is 0 Å². The maximum atomic E-state index is 11.0. The van der Waals surface area contributed by atoms with Crippen molar-refractivity contribution in [3.05, 3.63) is 35.4 Å². The third-order valence-electron chi connectivity index (χ3n) is 4.37. The van der Waals surface area contributed by atoms with Gasteiger partial charge in [-0.3, -0.25) is 9.69 Å². The molecule has 0 amide bonds. The van der Waals surface area contributed by atoms with Gasteiger partial charge in [0.15, 0.2) is 0 Å². The molecule has 20 heavy (non-hydrogen) atoms. The van der Waals surface area contributed by atoms with Crippen LogP contribution in [0.15, 0.2) is 24.3 Å². The van der Waals surface area contributed by atoms with Crippen LogP contribution in [-0.4, -0.2) is 29.1 Å². The van der Waals surface area contributed by atoms with Crippen LogP contribution in [0.3, 0.4) is 0 Å². The molecule has 3 heteroatoms. The molecular weight excluding hydrogens is 250 g/mol. The van der Waals surface area contributed by atoms with Crippen LogP contribution in [0.2, 0.25) is 0 Å². The fourth-order valence-electron chi connectivity index (χ4n) is 2.79. The molecule has 2 unspecified atom stereocenters. The summed E-state index contributed by atoms with van der Waals surface area (Å²) in [6.07, 6.45) is 3.91. The second-order valence-corrected chi connectivity index (χ2v) is 6.11. The number of hydrogen-bond donors (Lipinski definition) is 1. The highest BCUT2D eigenvalue weighted by atomic mass is 16.4. The Balaban J connectivity index is 1.95. The van der Waals surface area contributed by atoms with Gasteiger partial charge in [-0.05, 0) is 56.3 Å². The van der Waals surface area contributed by atoms with Crippen LogP contribution in [0, 0.1) is 5.92 Å². The van der Waals surface area contributed by atoms with Gasteiger partial charge in [-0.25, -0.2) is 0 Å². The first kappa shape index (κ1) is 15.0. The van der Waals surface area contributed by atoms with Gasteiger partial charge < -0.3 is 5.11 Å². The largest absolute Gasteiger partial charge is 0.481 e. The molecule has 0 aromatic heterocycles. The Hall–Kier alpha value is -1.35. The van der Waals surface area contributed by atoms with E-state index in [1.807, 2.05) is 12.1 Å². The molecule has 1 aromatic carbocycles. The predicted octanol–water partition coefficient (Wildman–Crippen LogP) is 3.50. The lowest BCUT2D eigenvalue weighted by Gasteiger charge is -2.20. The van der Waals surface area contributed by atoms with Crippen molar-refractivity contribution in [2.75, 3.05) is 13.1 Å². The van der Waals surface area contributed by atoms with E-state index in [1.165, 1.54) is 37.9 Å². The molecule has 1 aliphatic rings. The van der Waals surface area contributed by atoms with E-state index < -0.39 is 11.9 Å². The van der Waals surface area contributed by atoms with Crippen LogP contribution in [0.5, 0.6) is 0 Å². The van der Waals surface area contributed by atoms with E-state index >= 15 is 0 Å². The van der Waals surface area contributed by atoms with Gasteiger partial charge in [0.1, 0.15) is 0 Å². The summed E-state index contributed by atoms with van der Waals surface area (Å²) < 4.78 is 0. The zero-order chi connectivity index (χ0) is 14.5. The zero-order valence-corrected chi connectivity index (χ0v) is 12.5. The number of carbonyl (C=O) groups is 1. The Morgan fingerprint density at radius 2 is 2.00 bits per heavy atom. The molecule has 1 fully saturated rings. The number of benzene rings is 1. The summed E-state index contributed by atoms with van der Waals surface area (Å²) in [7, 11) is 0. The van der Waals surface area contributed by atoms with Crippen LogP contribution >= 0.6 is 0 Å². The zero-order valence-electron chi connectivity index (χ0n) is 12.5. The SMILES string of the molecule is CC1CCCN(Cc2ccc(C(C)C(=O)O)cc2)CC1. The molecule has 0 bridgehead atoms. The number of likely N-dealkylation sites (tertiary alicyclic amines) is 1. The van der Waals surface area contributed by atoms with Crippen molar-refractivity contribution < 1.29 is 9.90 Å². The molecular formula is C17H25NO2. The number of rotatable bonds is 4. The Morgan fingerprint density at radius 3 is 2.65 bits per heavy atom. The molecule has 0 spiro atoms. The van der Waals surface area contributed by atoms with Gasteiger partial charge in [0, 0.05) is 6.54 Å². The Bertz CT molecular complexity index is 441. The maximum absolute atomic E-state index is 11.0. The highest BCUT2D eigenvalue weighted by molar-refractivity contribution is 5.75. The standard InChI is InChI=1S/C17H25NO2/c1-13-4-3-10-18(11-9-13)12-15-5-7-16(8-6-15)14(2)17(19)20/h5-8,13-14H,3-4,9-12H2,1-2H3,(H,19,20). The summed E-state index contributed by atoms with van der Waals surface area (Å²) in [6.45, 7) is 7.40. The van der Waals surface area contributed by atoms with E-state index in [0.717, 1.165) is 18.0 Å². The molecule has 1 aromatic rings. The summed E-state index contributed by atoms with van der Waals surface area (Å²) in [5.41, 5.74) is 2.16. The van der Waals surface area contributed by atoms with Gasteiger partial charge in [-0.1, -0.05) is 31.2 Å². The lowest BCUT2D eigenvalue weighted by molar-refractivity contribution is -0.138.